The Kier molecular flexibility index (Phi) is 3.31. The van der Waals surface area contributed by atoms with E-state index in [2.05, 4.69) is 19.9 Å². The molecule has 3 rings (SSSR count). The van der Waals surface area contributed by atoms with E-state index in [4.69, 9.17) is 5.48 Å². The number of rotatable bonds is 2. The van der Waals surface area contributed by atoms with Gasteiger partial charge in [0.2, 0.25) is 0 Å². The van der Waals surface area contributed by atoms with Crippen LogP contribution in [0.25, 0.3) is 12.2 Å². The highest BCUT2D eigenvalue weighted by Gasteiger charge is 2.19. The standard InChI is InChI=1S/C19H19FN4O2/c1-19(2,3)16-13(21-10-22-16)9-15-18(26)23-14(17(25)24-15)8-11-4-6-12(20)7-5-11/h4-10H,1-3H3,(H,21,22)(H,23,26)(H,24,25)/b14-8-,15-9-/i4D,5D,6D,7D. The van der Waals surface area contributed by atoms with Gasteiger partial charge in [-0.05, 0) is 29.8 Å². The Bertz CT molecular complexity index is 1350. The average Bonchev–Trinajstić information content (AvgIpc) is 3.14. The van der Waals surface area contributed by atoms with E-state index in [0.717, 1.165) is 11.8 Å². The summed E-state index contributed by atoms with van der Waals surface area (Å²) in [6.45, 7) is 5.89. The summed E-state index contributed by atoms with van der Waals surface area (Å²) >= 11 is 0. The molecule has 0 unspecified atom stereocenters. The number of imidazole rings is 1. The molecule has 0 atom stereocenters. The second-order valence-electron chi connectivity index (χ2n) is 6.66. The van der Waals surface area contributed by atoms with Crippen LogP contribution < -0.4 is 21.8 Å². The highest BCUT2D eigenvalue weighted by Crippen LogP contribution is 2.22. The van der Waals surface area contributed by atoms with Gasteiger partial charge in [-0.25, -0.2) is 9.37 Å². The first kappa shape index (κ1) is 13.0. The molecule has 134 valence electrons. The molecule has 6 nitrogen and oxygen atoms in total. The molecule has 0 aliphatic heterocycles. The molecule has 26 heavy (non-hydrogen) atoms. The van der Waals surface area contributed by atoms with Crippen LogP contribution in [-0.4, -0.2) is 19.9 Å². The van der Waals surface area contributed by atoms with E-state index >= 15 is 0 Å². The molecule has 1 aromatic carbocycles. The van der Waals surface area contributed by atoms with Gasteiger partial charge in [0, 0.05) is 11.1 Å². The van der Waals surface area contributed by atoms with Gasteiger partial charge >= 0.3 is 0 Å². The molecule has 0 amide bonds. The molecule has 0 aliphatic carbocycles. The molecule has 0 aliphatic rings. The maximum Gasteiger partial charge on any atom is 0.272 e. The number of H-pyrrole nitrogens is 3. The van der Waals surface area contributed by atoms with Crippen LogP contribution in [-0.2, 0) is 5.41 Å². The molecule has 3 N–H and O–H groups in total. The van der Waals surface area contributed by atoms with E-state index in [1.807, 2.05) is 20.8 Å². The van der Waals surface area contributed by atoms with E-state index < -0.39 is 41.1 Å². The third kappa shape index (κ3) is 3.72. The molecule has 0 bridgehead atoms. The highest BCUT2D eigenvalue weighted by molar-refractivity contribution is 5.49. The van der Waals surface area contributed by atoms with Crippen molar-refractivity contribution in [1.82, 2.24) is 19.9 Å². The average molecular weight is 358 g/mol. The van der Waals surface area contributed by atoms with Crippen molar-refractivity contribution in [2.24, 2.45) is 0 Å². The number of benzene rings is 1. The van der Waals surface area contributed by atoms with Gasteiger partial charge in [-0.15, -0.1) is 0 Å². The van der Waals surface area contributed by atoms with Crippen molar-refractivity contribution in [2.45, 2.75) is 26.2 Å². The summed E-state index contributed by atoms with van der Waals surface area (Å²) in [6.07, 6.45) is 3.89. The van der Waals surface area contributed by atoms with Crippen molar-refractivity contribution >= 4 is 12.2 Å². The van der Waals surface area contributed by atoms with Crippen molar-refractivity contribution in [3.8, 4) is 0 Å². The van der Waals surface area contributed by atoms with Crippen LogP contribution in [0.15, 0.2) is 40.1 Å². The minimum atomic E-state index is -1.29. The largest absolute Gasteiger partial charge is 0.348 e. The molecule has 0 saturated carbocycles. The number of halogens is 1. The van der Waals surface area contributed by atoms with Crippen molar-refractivity contribution < 1.29 is 9.87 Å². The summed E-state index contributed by atoms with van der Waals surface area (Å²) < 4.78 is 44.4. The summed E-state index contributed by atoms with van der Waals surface area (Å²) in [6, 6.07) is -3.04. The van der Waals surface area contributed by atoms with Crippen molar-refractivity contribution in [3.05, 3.63) is 84.7 Å². The lowest BCUT2D eigenvalue weighted by Gasteiger charge is -2.16. The Balaban J connectivity index is 2.23. The first-order valence-electron chi connectivity index (χ1n) is 9.77. The molecule has 0 saturated heterocycles. The van der Waals surface area contributed by atoms with Crippen LogP contribution in [0.1, 0.15) is 43.2 Å². The summed E-state index contributed by atoms with van der Waals surface area (Å²) in [5, 5.41) is -0.337. The van der Waals surface area contributed by atoms with E-state index in [1.165, 1.54) is 12.4 Å². The van der Waals surface area contributed by atoms with Crippen molar-refractivity contribution in [1.29, 1.82) is 0 Å². The Hall–Kier alpha value is -3.22. The maximum atomic E-state index is 13.7. The van der Waals surface area contributed by atoms with Crippen molar-refractivity contribution in [2.75, 3.05) is 0 Å². The lowest BCUT2D eigenvalue weighted by molar-refractivity contribution is 0.571. The third-order valence-corrected chi connectivity index (χ3v) is 3.59. The van der Waals surface area contributed by atoms with Gasteiger partial charge in [-0.2, -0.15) is 0 Å². The number of aromatic nitrogens is 4. The quantitative estimate of drug-likeness (QED) is 0.635. The number of hydrogen-bond donors (Lipinski definition) is 3. The summed E-state index contributed by atoms with van der Waals surface area (Å²) in [5.41, 5.74) is -0.711. The molecular weight excluding hydrogens is 335 g/mol. The number of nitrogens with zero attached hydrogens (tertiary/aromatic N) is 1. The van der Waals surface area contributed by atoms with E-state index in [0.29, 0.717) is 5.69 Å². The van der Waals surface area contributed by atoms with Crippen LogP contribution in [0.3, 0.4) is 0 Å². The Morgan fingerprint density at radius 1 is 1.04 bits per heavy atom. The molecule has 0 fully saturated rings. The first-order chi connectivity index (χ1) is 13.9. The summed E-state index contributed by atoms with van der Waals surface area (Å²) in [7, 11) is 0. The van der Waals surface area contributed by atoms with E-state index in [1.54, 1.807) is 0 Å². The zero-order valence-electron chi connectivity index (χ0n) is 18.4. The van der Waals surface area contributed by atoms with Crippen LogP contribution in [0, 0.1) is 5.82 Å². The number of nitrogens with one attached hydrogen (secondary N) is 3. The summed E-state index contributed by atoms with van der Waals surface area (Å²) in [4.78, 5) is 36.9. The zero-order chi connectivity index (χ0) is 22.4. The SMILES string of the molecule is [2H]c1c([2H])c(/C=c2\[nH]c(=O)/c(=C/c3nc[nH]c3C(C)(C)C)[nH]c2=O)c([2H])c([2H])c1F. The van der Waals surface area contributed by atoms with Gasteiger partial charge in [0.1, 0.15) is 16.5 Å². The summed E-state index contributed by atoms with van der Waals surface area (Å²) in [5.74, 6) is -1.29. The van der Waals surface area contributed by atoms with Crippen LogP contribution in [0.4, 0.5) is 4.39 Å². The van der Waals surface area contributed by atoms with Crippen molar-refractivity contribution in [3.63, 3.8) is 0 Å². The number of aromatic amines is 3. The van der Waals surface area contributed by atoms with Crippen LogP contribution in [0.5, 0.6) is 0 Å². The van der Waals surface area contributed by atoms with Gasteiger partial charge in [-0.1, -0.05) is 32.9 Å². The van der Waals surface area contributed by atoms with Gasteiger partial charge in [0.05, 0.1) is 17.5 Å². The first-order valence-corrected chi connectivity index (χ1v) is 7.77. The minimum Gasteiger partial charge on any atom is -0.348 e. The maximum absolute atomic E-state index is 13.7. The van der Waals surface area contributed by atoms with Crippen LogP contribution in [0.2, 0.25) is 0 Å². The zero-order valence-corrected chi connectivity index (χ0v) is 14.4. The molecule has 3 aromatic rings. The van der Waals surface area contributed by atoms with Gasteiger partial charge in [-0.3, -0.25) is 9.59 Å². The normalized spacial score (nSPS) is 15.5. The smallest absolute Gasteiger partial charge is 0.272 e. The minimum absolute atomic E-state index is 0.0478. The van der Waals surface area contributed by atoms with Gasteiger partial charge in [0.25, 0.3) is 11.1 Å². The molecule has 0 radical (unpaired) electrons. The fourth-order valence-corrected chi connectivity index (χ4v) is 2.37. The number of hydrogen-bond acceptors (Lipinski definition) is 3. The molecular formula is C19H19FN4O2. The predicted molar refractivity (Wildman–Crippen MR) is 97.8 cm³/mol. The topological polar surface area (TPSA) is 94.4 Å². The Labute approximate surface area is 153 Å². The highest BCUT2D eigenvalue weighted by atomic mass is 19.1. The second kappa shape index (κ2) is 6.59. The third-order valence-electron chi connectivity index (χ3n) is 3.59. The van der Waals surface area contributed by atoms with Crippen LogP contribution >= 0.6 is 0 Å². The molecule has 2 aromatic heterocycles. The molecule has 7 heteroatoms. The lowest BCUT2D eigenvalue weighted by Crippen LogP contribution is -2.46. The van der Waals surface area contributed by atoms with Gasteiger partial charge in [0.15, 0.2) is 0 Å². The lowest BCUT2D eigenvalue weighted by atomic mass is 9.90. The second-order valence-corrected chi connectivity index (χ2v) is 6.66. The molecule has 2 heterocycles. The molecule has 0 spiro atoms. The van der Waals surface area contributed by atoms with Gasteiger partial charge < -0.3 is 15.0 Å². The fraction of sp³-hybridized carbons (Fsp3) is 0.211. The monoisotopic (exact) mass is 358 g/mol. The van der Waals surface area contributed by atoms with E-state index in [9.17, 15) is 14.0 Å². The predicted octanol–water partition coefficient (Wildman–Crippen LogP) is 0.880. The Morgan fingerprint density at radius 3 is 2.19 bits per heavy atom. The fourth-order valence-electron chi connectivity index (χ4n) is 2.37. The Morgan fingerprint density at radius 2 is 1.62 bits per heavy atom. The van der Waals surface area contributed by atoms with E-state index in [-0.39, 0.29) is 21.7 Å².